The first-order chi connectivity index (χ1) is 25.3. The van der Waals surface area contributed by atoms with Crippen LogP contribution in [0.15, 0.2) is 29.3 Å². The third-order valence-electron chi connectivity index (χ3n) is 8.65. The third-order valence-corrected chi connectivity index (χ3v) is 8.65. The number of amides is 6. The minimum atomic E-state index is -1.66. The van der Waals surface area contributed by atoms with Crippen LogP contribution in [0, 0.1) is 0 Å². The molecule has 20 nitrogen and oxygen atoms in total. The number of hydrogen-bond acceptors (Lipinski definition) is 13. The minimum absolute atomic E-state index is 0.0759. The van der Waals surface area contributed by atoms with Gasteiger partial charge in [-0.15, -0.1) is 0 Å². The maximum Gasteiger partial charge on any atom is 0.475 e. The molecule has 0 bridgehead atoms. The smallest absolute Gasteiger partial charge is 0.475 e. The summed E-state index contributed by atoms with van der Waals surface area (Å²) in [5.41, 5.74) is 11.2. The van der Waals surface area contributed by atoms with Gasteiger partial charge in [0.1, 0.15) is 18.1 Å². The highest BCUT2D eigenvalue weighted by Crippen LogP contribution is 2.19. The zero-order chi connectivity index (χ0) is 38.9. The molecule has 1 fully saturated rings. The number of unbranched alkanes of at least 4 members (excludes halogenated alkanes) is 1. The molecule has 1 aromatic rings. The van der Waals surface area contributed by atoms with E-state index in [9.17, 15) is 48.7 Å². The van der Waals surface area contributed by atoms with Crippen molar-refractivity contribution in [1.82, 2.24) is 36.9 Å². The van der Waals surface area contributed by atoms with Crippen LogP contribution in [-0.4, -0.2) is 131 Å². The second-order valence-corrected chi connectivity index (χ2v) is 12.7. The van der Waals surface area contributed by atoms with Gasteiger partial charge in [-0.1, -0.05) is 0 Å². The number of aliphatic carboxylic acids is 1. The summed E-state index contributed by atoms with van der Waals surface area (Å²) in [6.07, 6.45) is 3.35. The Morgan fingerprint density at radius 1 is 0.981 bits per heavy atom. The van der Waals surface area contributed by atoms with Gasteiger partial charge in [0, 0.05) is 44.5 Å². The van der Waals surface area contributed by atoms with Crippen molar-refractivity contribution in [3.8, 4) is 0 Å². The van der Waals surface area contributed by atoms with Crippen molar-refractivity contribution >= 4 is 60.6 Å². The zero-order valence-electron chi connectivity index (χ0n) is 29.5. The molecule has 53 heavy (non-hydrogen) atoms. The average molecular weight is 745 g/mol. The summed E-state index contributed by atoms with van der Waals surface area (Å²) in [6.45, 7) is 2.25. The van der Waals surface area contributed by atoms with Crippen LogP contribution < -0.4 is 43.2 Å². The number of benzene rings is 1. The lowest BCUT2D eigenvalue weighted by atomic mass is 9.78. The van der Waals surface area contributed by atoms with Gasteiger partial charge < -0.3 is 52.4 Å². The Balaban J connectivity index is 1.31. The molecule has 1 saturated heterocycles. The highest BCUT2D eigenvalue weighted by molar-refractivity contribution is 6.43. The van der Waals surface area contributed by atoms with Crippen LogP contribution in [-0.2, 0) is 28.8 Å². The molecule has 6 amide bonds. The Morgan fingerprint density at radius 2 is 1.70 bits per heavy atom. The Bertz CT molecular complexity index is 1480. The van der Waals surface area contributed by atoms with Crippen molar-refractivity contribution in [2.45, 2.75) is 88.4 Å². The number of carboxylic acid groups (broad SMARTS) is 1. The number of rotatable bonds is 21. The van der Waals surface area contributed by atoms with Crippen LogP contribution in [0.3, 0.4) is 0 Å². The fourth-order valence-electron chi connectivity index (χ4n) is 5.72. The van der Waals surface area contributed by atoms with E-state index in [0.717, 1.165) is 0 Å². The molecule has 0 saturated carbocycles. The van der Waals surface area contributed by atoms with Crippen molar-refractivity contribution in [3.05, 3.63) is 29.8 Å². The summed E-state index contributed by atoms with van der Waals surface area (Å²) in [7, 11) is -1.66. The normalized spacial score (nSPS) is 17.8. The molecule has 2 unspecified atom stereocenters. The van der Waals surface area contributed by atoms with Crippen LogP contribution in [0.5, 0.6) is 0 Å². The van der Waals surface area contributed by atoms with Crippen molar-refractivity contribution in [3.63, 3.8) is 0 Å². The number of carbonyl (C=O) groups is 7. The summed E-state index contributed by atoms with van der Waals surface area (Å²) in [5.74, 6) is -4.97. The monoisotopic (exact) mass is 744 g/mol. The van der Waals surface area contributed by atoms with Gasteiger partial charge in [0.25, 0.3) is 5.91 Å². The quantitative estimate of drug-likeness (QED) is 0.0335. The predicted octanol–water partition coefficient (Wildman–Crippen LogP) is -3.28. The predicted molar refractivity (Wildman–Crippen MR) is 192 cm³/mol. The highest BCUT2D eigenvalue weighted by Gasteiger charge is 2.38. The minimum Gasteiger partial charge on any atom is -0.480 e. The Kier molecular flexibility index (Phi) is 16.9. The number of anilines is 1. The second-order valence-electron chi connectivity index (χ2n) is 12.7. The lowest BCUT2D eigenvalue weighted by Crippen LogP contribution is -2.53. The van der Waals surface area contributed by atoms with E-state index in [1.165, 1.54) is 42.4 Å². The van der Waals surface area contributed by atoms with E-state index < -0.39 is 66.7 Å². The van der Waals surface area contributed by atoms with Crippen LogP contribution >= 0.6 is 0 Å². The van der Waals surface area contributed by atoms with Crippen molar-refractivity contribution in [2.75, 3.05) is 31.6 Å². The molecule has 1 aromatic carbocycles. The number of hydrazine groups is 1. The first-order valence-corrected chi connectivity index (χ1v) is 17.5. The van der Waals surface area contributed by atoms with Gasteiger partial charge in [-0.05, 0) is 63.3 Å². The molecule has 5 atom stereocenters. The molecule has 2 heterocycles. The standard InChI is InChI=1S/C32H49BN10O10/c1-19(31(49)43-14-4-6-25(43)33(52)53)38-29(47)20-7-9-21(10-8-20)41-42-27(45)12-11-26(44)36-13-3-2-5-23(32(50)51)40-30(48)24(39-28(46)16-34)15-22-17-35-18-37-22/h7-10,18-19,22-25,41,52-53H,2-6,11-17,34H2,1H3,(H,35,37)(H,36,44)(H,38,47)(H,39,46)(H,40,48)(H,42,45)(H,50,51)/t19-,22?,23+,24?,25+/m1/s1. The van der Waals surface area contributed by atoms with Crippen LogP contribution in [0.2, 0.25) is 0 Å². The van der Waals surface area contributed by atoms with Crippen LogP contribution in [0.1, 0.15) is 68.6 Å². The molecule has 12 N–H and O–H groups in total. The number of likely N-dealkylation sites (tertiary alicyclic amines) is 1. The summed E-state index contributed by atoms with van der Waals surface area (Å²) >= 11 is 0. The number of aliphatic imine (C=N–C) groups is 1. The van der Waals surface area contributed by atoms with Crippen molar-refractivity contribution < 1.29 is 48.7 Å². The number of nitrogens with one attached hydrogen (secondary N) is 7. The molecular weight excluding hydrogens is 695 g/mol. The Labute approximate surface area is 306 Å². The number of carbonyl (C=O) groups excluding carboxylic acids is 6. The van der Waals surface area contributed by atoms with Gasteiger partial charge in [0.15, 0.2) is 0 Å². The number of nitrogens with two attached hydrogens (primary N) is 1. The van der Waals surface area contributed by atoms with E-state index in [0.29, 0.717) is 44.5 Å². The fraction of sp³-hybridized carbons (Fsp3) is 0.562. The van der Waals surface area contributed by atoms with E-state index in [-0.39, 0.29) is 56.3 Å². The van der Waals surface area contributed by atoms with Crippen molar-refractivity contribution in [1.29, 1.82) is 0 Å². The van der Waals surface area contributed by atoms with Crippen LogP contribution in [0.25, 0.3) is 0 Å². The van der Waals surface area contributed by atoms with E-state index in [1.807, 2.05) is 0 Å². The molecule has 0 spiro atoms. The summed E-state index contributed by atoms with van der Waals surface area (Å²) in [5, 5.41) is 41.8. The molecule has 290 valence electrons. The Hall–Kier alpha value is -5.28. The third kappa shape index (κ3) is 14.0. The Morgan fingerprint density at radius 3 is 2.34 bits per heavy atom. The number of carboxylic acids is 1. The van der Waals surface area contributed by atoms with E-state index >= 15 is 0 Å². The maximum atomic E-state index is 12.8. The first kappa shape index (κ1) is 42.1. The summed E-state index contributed by atoms with van der Waals surface area (Å²) in [6, 6.07) is 2.65. The largest absolute Gasteiger partial charge is 0.480 e. The van der Waals surface area contributed by atoms with Gasteiger partial charge in [-0.25, -0.2) is 4.79 Å². The van der Waals surface area contributed by atoms with Crippen LogP contribution in [0.4, 0.5) is 5.69 Å². The molecule has 0 radical (unpaired) electrons. The highest BCUT2D eigenvalue weighted by atomic mass is 16.4. The maximum absolute atomic E-state index is 12.8. The molecule has 2 aliphatic rings. The first-order valence-electron chi connectivity index (χ1n) is 17.5. The molecule has 0 aliphatic carbocycles. The van der Waals surface area contributed by atoms with Gasteiger partial charge >= 0.3 is 13.1 Å². The van der Waals surface area contributed by atoms with E-state index in [1.54, 1.807) is 0 Å². The molecular formula is C32H49BN10O10. The summed E-state index contributed by atoms with van der Waals surface area (Å²) < 4.78 is 0. The number of hydrogen-bond donors (Lipinski definition) is 11. The number of nitrogens with zero attached hydrogens (tertiary/aromatic N) is 2. The second kappa shape index (κ2) is 21.3. The van der Waals surface area contributed by atoms with E-state index in [2.05, 4.69) is 42.4 Å². The van der Waals surface area contributed by atoms with Gasteiger partial charge in [-0.2, -0.15) is 0 Å². The topological polar surface area (TPSA) is 306 Å². The lowest BCUT2D eigenvalue weighted by molar-refractivity contribution is -0.142. The summed E-state index contributed by atoms with van der Waals surface area (Å²) in [4.78, 5) is 91.9. The molecule has 2 aliphatic heterocycles. The van der Waals surface area contributed by atoms with Gasteiger partial charge in [0.2, 0.25) is 29.5 Å². The van der Waals surface area contributed by atoms with E-state index in [4.69, 9.17) is 5.73 Å². The van der Waals surface area contributed by atoms with Crippen molar-refractivity contribution in [2.24, 2.45) is 10.7 Å². The fourth-order valence-corrected chi connectivity index (χ4v) is 5.72. The SMILES string of the molecule is C[C@@H](NC(=O)c1ccc(NNC(=O)CCC(=O)NCCCC[C@H](NC(=O)C(CC2CNC=N2)NC(=O)CN)C(=O)O)cc1)C(=O)N1CCC[C@H]1B(O)O. The molecule has 21 heteroatoms. The van der Waals surface area contributed by atoms with Gasteiger partial charge in [0.05, 0.1) is 30.6 Å². The molecule has 3 rings (SSSR count). The zero-order valence-corrected chi connectivity index (χ0v) is 29.5. The van der Waals surface area contributed by atoms with Gasteiger partial charge in [-0.3, -0.25) is 44.6 Å². The molecule has 0 aromatic heterocycles. The lowest BCUT2D eigenvalue weighted by Gasteiger charge is -2.27. The average Bonchev–Trinajstić information content (AvgIpc) is 3.85.